The SMILES string of the molecule is Cc1cnccc1/C=C\C(C)C1CC[C@@H]2C1(C)CC=C1C=C3CCC(=O)C[C@]34CC[C@@]12O4. The summed E-state index contributed by atoms with van der Waals surface area (Å²) in [6.45, 7) is 7.06. The highest BCUT2D eigenvalue weighted by Gasteiger charge is 2.66. The summed E-state index contributed by atoms with van der Waals surface area (Å²) in [4.78, 5) is 16.6. The number of carbonyl (C=O) groups excluding carboxylic acids is 1. The van der Waals surface area contributed by atoms with Crippen molar-refractivity contribution in [2.45, 2.75) is 83.3 Å². The Labute approximate surface area is 192 Å². The minimum Gasteiger partial charge on any atom is -0.359 e. The van der Waals surface area contributed by atoms with Crippen LogP contribution in [0.15, 0.2) is 47.8 Å². The normalized spacial score (nSPS) is 41.0. The molecule has 0 aromatic carbocycles. The van der Waals surface area contributed by atoms with Crippen LogP contribution >= 0.6 is 0 Å². The summed E-state index contributed by atoms with van der Waals surface area (Å²) < 4.78 is 7.12. The van der Waals surface area contributed by atoms with Crippen molar-refractivity contribution in [3.63, 3.8) is 0 Å². The summed E-state index contributed by atoms with van der Waals surface area (Å²) in [5.74, 6) is 2.11. The van der Waals surface area contributed by atoms with Gasteiger partial charge in [-0.25, -0.2) is 0 Å². The molecule has 168 valence electrons. The van der Waals surface area contributed by atoms with Gasteiger partial charge in [0.25, 0.3) is 0 Å². The fraction of sp³-hybridized carbons (Fsp3) is 0.586. The molecule has 2 aliphatic heterocycles. The fourth-order valence-corrected chi connectivity index (χ4v) is 8.18. The smallest absolute Gasteiger partial charge is 0.136 e. The highest BCUT2D eigenvalue weighted by Crippen LogP contribution is 2.68. The lowest BCUT2D eigenvalue weighted by Crippen LogP contribution is -2.54. The number of nitrogens with zero attached hydrogens (tertiary/aromatic N) is 1. The van der Waals surface area contributed by atoms with Crippen LogP contribution in [0.1, 0.15) is 76.3 Å². The summed E-state index contributed by atoms with van der Waals surface area (Å²) in [6, 6.07) is 2.11. The zero-order chi connectivity index (χ0) is 22.1. The van der Waals surface area contributed by atoms with Crippen LogP contribution < -0.4 is 0 Å². The van der Waals surface area contributed by atoms with Crippen LogP contribution in [0.4, 0.5) is 0 Å². The lowest BCUT2D eigenvalue weighted by molar-refractivity contribution is -0.148. The maximum Gasteiger partial charge on any atom is 0.136 e. The first-order valence-corrected chi connectivity index (χ1v) is 12.6. The number of ketones is 1. The molecule has 3 heteroatoms. The van der Waals surface area contributed by atoms with Crippen LogP contribution in [0, 0.1) is 30.1 Å². The maximum atomic E-state index is 12.4. The minimum atomic E-state index is -0.284. The van der Waals surface area contributed by atoms with E-state index < -0.39 is 0 Å². The van der Waals surface area contributed by atoms with Crippen molar-refractivity contribution < 1.29 is 9.53 Å². The Bertz CT molecular complexity index is 1070. The van der Waals surface area contributed by atoms with E-state index in [4.69, 9.17) is 4.74 Å². The molecule has 3 fully saturated rings. The van der Waals surface area contributed by atoms with Gasteiger partial charge in [-0.2, -0.15) is 0 Å². The minimum absolute atomic E-state index is 0.159. The summed E-state index contributed by atoms with van der Waals surface area (Å²) in [5, 5.41) is 0. The third-order valence-corrected chi connectivity index (χ3v) is 9.85. The van der Waals surface area contributed by atoms with Crippen LogP contribution in [0.3, 0.4) is 0 Å². The molecule has 1 aromatic rings. The second-order valence-electron chi connectivity index (χ2n) is 11.4. The number of Topliss-reactive ketones (excluding diaryl/α,β-unsaturated/α-hetero) is 1. The number of aromatic nitrogens is 1. The van der Waals surface area contributed by atoms with Gasteiger partial charge in [-0.15, -0.1) is 0 Å². The third-order valence-electron chi connectivity index (χ3n) is 9.85. The van der Waals surface area contributed by atoms with Crippen molar-refractivity contribution in [2.75, 3.05) is 0 Å². The van der Waals surface area contributed by atoms with Gasteiger partial charge < -0.3 is 4.74 Å². The number of hydrogen-bond donors (Lipinski definition) is 0. The molecule has 3 unspecified atom stereocenters. The van der Waals surface area contributed by atoms with E-state index in [-0.39, 0.29) is 16.6 Å². The summed E-state index contributed by atoms with van der Waals surface area (Å²) in [7, 11) is 0. The Kier molecular flexibility index (Phi) is 4.50. The zero-order valence-corrected chi connectivity index (χ0v) is 19.7. The Balaban J connectivity index is 1.31. The number of pyridine rings is 1. The molecule has 5 aliphatic rings. The van der Waals surface area contributed by atoms with Gasteiger partial charge in [-0.1, -0.05) is 38.2 Å². The monoisotopic (exact) mass is 429 g/mol. The molecule has 3 nitrogen and oxygen atoms in total. The van der Waals surface area contributed by atoms with Crippen LogP contribution in [-0.4, -0.2) is 22.0 Å². The molecule has 2 bridgehead atoms. The molecule has 6 rings (SSSR count). The van der Waals surface area contributed by atoms with Gasteiger partial charge in [0, 0.05) is 25.2 Å². The van der Waals surface area contributed by atoms with E-state index in [1.807, 2.05) is 12.4 Å². The van der Waals surface area contributed by atoms with Gasteiger partial charge in [-0.3, -0.25) is 9.78 Å². The van der Waals surface area contributed by atoms with Crippen molar-refractivity contribution in [1.82, 2.24) is 4.98 Å². The molecule has 0 N–H and O–H groups in total. The van der Waals surface area contributed by atoms with E-state index >= 15 is 0 Å². The molecule has 1 aromatic heterocycles. The average molecular weight is 430 g/mol. The third kappa shape index (κ3) is 2.76. The van der Waals surface area contributed by atoms with E-state index in [1.165, 1.54) is 35.1 Å². The number of rotatable bonds is 3. The highest BCUT2D eigenvalue weighted by atomic mass is 16.5. The fourth-order valence-electron chi connectivity index (χ4n) is 8.18. The van der Waals surface area contributed by atoms with Gasteiger partial charge >= 0.3 is 0 Å². The number of allylic oxidation sites excluding steroid dienone is 2. The van der Waals surface area contributed by atoms with Crippen molar-refractivity contribution >= 4 is 11.9 Å². The van der Waals surface area contributed by atoms with Gasteiger partial charge in [0.2, 0.25) is 0 Å². The number of carbonyl (C=O) groups is 1. The molecule has 32 heavy (non-hydrogen) atoms. The lowest BCUT2D eigenvalue weighted by atomic mass is 9.57. The number of aryl methyl sites for hydroxylation is 1. The van der Waals surface area contributed by atoms with Crippen LogP contribution in [0.2, 0.25) is 0 Å². The van der Waals surface area contributed by atoms with E-state index in [1.54, 1.807) is 0 Å². The quantitative estimate of drug-likeness (QED) is 0.559. The molecule has 2 spiro atoms. The van der Waals surface area contributed by atoms with Gasteiger partial charge in [-0.05, 0) is 97.0 Å². The second-order valence-corrected chi connectivity index (χ2v) is 11.4. The van der Waals surface area contributed by atoms with Crippen molar-refractivity contribution in [1.29, 1.82) is 0 Å². The molecule has 1 saturated heterocycles. The summed E-state index contributed by atoms with van der Waals surface area (Å²) in [6.07, 6.45) is 21.5. The van der Waals surface area contributed by atoms with Crippen LogP contribution in [-0.2, 0) is 9.53 Å². The number of ether oxygens (including phenoxy) is 1. The number of hydrogen-bond acceptors (Lipinski definition) is 3. The zero-order valence-electron chi connectivity index (χ0n) is 19.7. The first kappa shape index (κ1) is 20.6. The van der Waals surface area contributed by atoms with Crippen LogP contribution in [0.25, 0.3) is 6.08 Å². The predicted molar refractivity (Wildman–Crippen MR) is 127 cm³/mol. The van der Waals surface area contributed by atoms with Crippen molar-refractivity contribution in [2.24, 2.45) is 23.2 Å². The molecule has 3 heterocycles. The molecular formula is C29H35NO2. The first-order chi connectivity index (χ1) is 15.4. The predicted octanol–water partition coefficient (Wildman–Crippen LogP) is 6.38. The van der Waals surface area contributed by atoms with Crippen molar-refractivity contribution in [3.05, 3.63) is 59.0 Å². The molecule has 3 aliphatic carbocycles. The Hall–Kier alpha value is -2.00. The van der Waals surface area contributed by atoms with Gasteiger partial charge in [0.15, 0.2) is 0 Å². The summed E-state index contributed by atoms with van der Waals surface area (Å²) in [5.41, 5.74) is 5.14. The molecule has 6 atom stereocenters. The van der Waals surface area contributed by atoms with Gasteiger partial charge in [0.1, 0.15) is 5.78 Å². The average Bonchev–Trinajstić information content (AvgIpc) is 3.28. The highest BCUT2D eigenvalue weighted by molar-refractivity contribution is 5.82. The summed E-state index contributed by atoms with van der Waals surface area (Å²) >= 11 is 0. The maximum absolute atomic E-state index is 12.4. The molecule has 2 saturated carbocycles. The van der Waals surface area contributed by atoms with E-state index in [9.17, 15) is 4.79 Å². The Morgan fingerprint density at radius 2 is 2.12 bits per heavy atom. The van der Waals surface area contributed by atoms with Crippen LogP contribution in [0.5, 0.6) is 0 Å². The lowest BCUT2D eigenvalue weighted by Gasteiger charge is -2.54. The van der Waals surface area contributed by atoms with E-state index in [0.29, 0.717) is 36.4 Å². The number of fused-ring (bicyclic) bond motifs is 1. The molecule has 0 amide bonds. The van der Waals surface area contributed by atoms with Crippen molar-refractivity contribution in [3.8, 4) is 0 Å². The largest absolute Gasteiger partial charge is 0.359 e. The Morgan fingerprint density at radius 3 is 2.97 bits per heavy atom. The first-order valence-electron chi connectivity index (χ1n) is 12.6. The Morgan fingerprint density at radius 1 is 1.25 bits per heavy atom. The van der Waals surface area contributed by atoms with E-state index in [0.717, 1.165) is 25.7 Å². The second kappa shape index (κ2) is 7.00. The molecular weight excluding hydrogens is 394 g/mol. The van der Waals surface area contributed by atoms with Gasteiger partial charge in [0.05, 0.1) is 11.2 Å². The molecule has 0 radical (unpaired) electrons. The van der Waals surface area contributed by atoms with E-state index in [2.05, 4.69) is 56.1 Å². The topological polar surface area (TPSA) is 39.2 Å². The standard InChI is InChI=1S/C29H35NO2/c1-19(4-5-21-11-15-30-18-20(21)2)25-8-9-26-27(25,3)12-10-23-16-22-6-7-24(31)17-28(22)13-14-29(23,26)32-28/h4-5,10-11,15-16,18-19,25-26H,6-9,12-14,17H2,1-3H3/b5-4-/t19?,25?,26-,27?,28-,29-/m1/s1.